The number of anilines is 1. The molecule has 0 bridgehead atoms. The first kappa shape index (κ1) is 18.3. The lowest BCUT2D eigenvalue weighted by molar-refractivity contribution is 0.0458. The lowest BCUT2D eigenvalue weighted by atomic mass is 10.0. The summed E-state index contributed by atoms with van der Waals surface area (Å²) in [6, 6.07) is 10.5. The summed E-state index contributed by atoms with van der Waals surface area (Å²) in [7, 11) is 1.69. The first-order chi connectivity index (χ1) is 13.3. The minimum absolute atomic E-state index is 0.359. The van der Waals surface area contributed by atoms with E-state index in [1.807, 2.05) is 6.07 Å². The smallest absolute Gasteiger partial charge is 0.158 e. The van der Waals surface area contributed by atoms with E-state index in [9.17, 15) is 0 Å². The van der Waals surface area contributed by atoms with Crippen LogP contribution in [0.4, 0.5) is 5.82 Å². The lowest BCUT2D eigenvalue weighted by Crippen LogP contribution is -2.37. The van der Waals surface area contributed by atoms with Crippen LogP contribution in [0.2, 0.25) is 0 Å². The molecule has 142 valence electrons. The van der Waals surface area contributed by atoms with Crippen LogP contribution in [0.5, 0.6) is 0 Å². The molecule has 0 spiro atoms. The molecular formula is C21H25N3O2S. The van der Waals surface area contributed by atoms with E-state index in [-0.39, 0.29) is 0 Å². The lowest BCUT2D eigenvalue weighted by Gasteiger charge is -2.33. The monoisotopic (exact) mass is 383 g/mol. The van der Waals surface area contributed by atoms with E-state index < -0.39 is 0 Å². The van der Waals surface area contributed by atoms with Gasteiger partial charge in [-0.1, -0.05) is 30.3 Å². The Balaban J connectivity index is 1.76. The molecule has 0 atom stereocenters. The van der Waals surface area contributed by atoms with E-state index in [4.69, 9.17) is 19.4 Å². The molecule has 1 aliphatic rings. The van der Waals surface area contributed by atoms with E-state index in [1.54, 1.807) is 18.4 Å². The van der Waals surface area contributed by atoms with Crippen molar-refractivity contribution in [2.24, 2.45) is 0 Å². The number of hydrogen-bond donors (Lipinski definition) is 0. The zero-order valence-electron chi connectivity index (χ0n) is 15.9. The Hall–Kier alpha value is -2.02. The van der Waals surface area contributed by atoms with E-state index in [2.05, 4.69) is 41.5 Å². The Bertz CT molecular complexity index is 889. The van der Waals surface area contributed by atoms with Crippen LogP contribution in [0.25, 0.3) is 21.3 Å². The van der Waals surface area contributed by atoms with Gasteiger partial charge >= 0.3 is 0 Å². The maximum Gasteiger partial charge on any atom is 0.158 e. The summed E-state index contributed by atoms with van der Waals surface area (Å²) in [5.41, 5.74) is 2.42. The van der Waals surface area contributed by atoms with Crippen molar-refractivity contribution in [2.45, 2.75) is 32.5 Å². The number of hydrogen-bond acceptors (Lipinski definition) is 6. The quantitative estimate of drug-likeness (QED) is 0.627. The van der Waals surface area contributed by atoms with Crippen LogP contribution in [0, 0.1) is 0 Å². The number of nitrogens with zero attached hydrogens (tertiary/aromatic N) is 3. The van der Waals surface area contributed by atoms with Crippen LogP contribution < -0.4 is 4.90 Å². The Kier molecular flexibility index (Phi) is 5.66. The van der Waals surface area contributed by atoms with Gasteiger partial charge in [0, 0.05) is 37.7 Å². The van der Waals surface area contributed by atoms with Crippen molar-refractivity contribution in [3.8, 4) is 11.1 Å². The van der Waals surface area contributed by atoms with Crippen LogP contribution in [-0.4, -0.2) is 42.9 Å². The predicted molar refractivity (Wildman–Crippen MR) is 110 cm³/mol. The molecule has 0 amide bonds. The Labute approximate surface area is 164 Å². The summed E-state index contributed by atoms with van der Waals surface area (Å²) in [5, 5.41) is 3.35. The fourth-order valence-corrected chi connectivity index (χ4v) is 4.65. The van der Waals surface area contributed by atoms with Crippen molar-refractivity contribution in [1.29, 1.82) is 0 Å². The van der Waals surface area contributed by atoms with Crippen molar-refractivity contribution in [2.75, 3.05) is 31.7 Å². The van der Waals surface area contributed by atoms with Crippen molar-refractivity contribution in [1.82, 2.24) is 9.97 Å². The van der Waals surface area contributed by atoms with Crippen molar-refractivity contribution >= 4 is 27.4 Å². The molecule has 1 fully saturated rings. The van der Waals surface area contributed by atoms with Gasteiger partial charge in [0.1, 0.15) is 17.3 Å². The number of thiophene rings is 1. The van der Waals surface area contributed by atoms with Gasteiger partial charge in [-0.2, -0.15) is 0 Å². The zero-order chi connectivity index (χ0) is 18.6. The van der Waals surface area contributed by atoms with Gasteiger partial charge in [-0.15, -0.1) is 11.3 Å². The Morgan fingerprint density at radius 1 is 1.15 bits per heavy atom. The van der Waals surface area contributed by atoms with Gasteiger partial charge in [-0.25, -0.2) is 9.97 Å². The first-order valence-corrected chi connectivity index (χ1v) is 10.4. The maximum absolute atomic E-state index is 5.82. The molecule has 6 heteroatoms. The fourth-order valence-electron chi connectivity index (χ4n) is 3.69. The largest absolute Gasteiger partial charge is 0.378 e. The van der Waals surface area contributed by atoms with Gasteiger partial charge in [0.25, 0.3) is 0 Å². The molecule has 0 unspecified atom stereocenters. The molecule has 3 heterocycles. The second kappa shape index (κ2) is 8.33. The molecule has 1 aliphatic heterocycles. The Morgan fingerprint density at radius 2 is 1.93 bits per heavy atom. The zero-order valence-corrected chi connectivity index (χ0v) is 16.7. The molecule has 0 saturated carbocycles. The van der Waals surface area contributed by atoms with E-state index in [0.717, 1.165) is 54.4 Å². The standard InChI is InChI=1S/C21H25N3O2S/c1-3-26-16-9-11-24(12-10-16)20-19-17(15-7-5-4-6-8-15)14-27-21(19)23-18(22-20)13-25-2/h4-8,14,16H,3,9-13H2,1-2H3. The molecule has 27 heavy (non-hydrogen) atoms. The fraction of sp³-hybridized carbons (Fsp3) is 0.429. The van der Waals surface area contributed by atoms with Crippen molar-refractivity contribution < 1.29 is 9.47 Å². The number of fused-ring (bicyclic) bond motifs is 1. The van der Waals surface area contributed by atoms with Gasteiger partial charge in [0.15, 0.2) is 5.82 Å². The molecule has 5 nitrogen and oxygen atoms in total. The molecule has 3 aromatic rings. The highest BCUT2D eigenvalue weighted by Gasteiger charge is 2.24. The third-order valence-electron chi connectivity index (χ3n) is 4.96. The number of aromatic nitrogens is 2. The van der Waals surface area contributed by atoms with Gasteiger partial charge in [0.2, 0.25) is 0 Å². The highest BCUT2D eigenvalue weighted by atomic mass is 32.1. The minimum atomic E-state index is 0.359. The highest BCUT2D eigenvalue weighted by Crippen LogP contribution is 2.39. The summed E-state index contributed by atoms with van der Waals surface area (Å²) in [5.74, 6) is 1.77. The molecule has 0 aliphatic carbocycles. The van der Waals surface area contributed by atoms with E-state index in [1.165, 1.54) is 11.1 Å². The summed E-state index contributed by atoms with van der Waals surface area (Å²) in [4.78, 5) is 13.1. The van der Waals surface area contributed by atoms with Crippen molar-refractivity contribution in [3.05, 3.63) is 41.5 Å². The maximum atomic E-state index is 5.82. The average molecular weight is 384 g/mol. The summed E-state index contributed by atoms with van der Waals surface area (Å²) >= 11 is 1.68. The molecular weight excluding hydrogens is 358 g/mol. The average Bonchev–Trinajstić information content (AvgIpc) is 3.13. The molecule has 0 radical (unpaired) electrons. The van der Waals surface area contributed by atoms with Crippen molar-refractivity contribution in [3.63, 3.8) is 0 Å². The van der Waals surface area contributed by atoms with Crippen LogP contribution in [-0.2, 0) is 16.1 Å². The van der Waals surface area contributed by atoms with E-state index in [0.29, 0.717) is 12.7 Å². The number of rotatable bonds is 6. The number of benzene rings is 1. The normalized spacial score (nSPS) is 15.6. The van der Waals surface area contributed by atoms with Crippen LogP contribution in [0.15, 0.2) is 35.7 Å². The first-order valence-electron chi connectivity index (χ1n) is 9.49. The predicted octanol–water partition coefficient (Wildman–Crippen LogP) is 4.51. The SMILES string of the molecule is CCOC1CCN(c2nc(COC)nc3scc(-c4ccccc4)c23)CC1. The van der Waals surface area contributed by atoms with Crippen LogP contribution in [0.1, 0.15) is 25.6 Å². The third-order valence-corrected chi connectivity index (χ3v) is 5.84. The van der Waals surface area contributed by atoms with E-state index >= 15 is 0 Å². The number of ether oxygens (including phenoxy) is 2. The molecule has 1 aromatic carbocycles. The summed E-state index contributed by atoms with van der Waals surface area (Å²) < 4.78 is 11.1. The third kappa shape index (κ3) is 3.83. The number of methoxy groups -OCH3 is 1. The van der Waals surface area contributed by atoms with Gasteiger partial charge in [-0.05, 0) is 25.3 Å². The minimum Gasteiger partial charge on any atom is -0.378 e. The summed E-state index contributed by atoms with van der Waals surface area (Å²) in [6.45, 7) is 5.18. The number of piperidine rings is 1. The molecule has 1 saturated heterocycles. The van der Waals surface area contributed by atoms with Gasteiger partial charge < -0.3 is 14.4 Å². The highest BCUT2D eigenvalue weighted by molar-refractivity contribution is 7.17. The van der Waals surface area contributed by atoms with Gasteiger partial charge in [-0.3, -0.25) is 0 Å². The van der Waals surface area contributed by atoms with Gasteiger partial charge in [0.05, 0.1) is 11.5 Å². The molecule has 0 N–H and O–H groups in total. The Morgan fingerprint density at radius 3 is 2.63 bits per heavy atom. The molecule has 4 rings (SSSR count). The topological polar surface area (TPSA) is 47.5 Å². The van der Waals surface area contributed by atoms with Crippen LogP contribution >= 0.6 is 11.3 Å². The second-order valence-corrected chi connectivity index (χ2v) is 7.59. The summed E-state index contributed by atoms with van der Waals surface area (Å²) in [6.07, 6.45) is 2.42. The second-order valence-electron chi connectivity index (χ2n) is 6.73. The van der Waals surface area contributed by atoms with Crippen LogP contribution in [0.3, 0.4) is 0 Å². The molecule has 2 aromatic heterocycles.